The molecule has 5 rings (SSSR count). The third kappa shape index (κ3) is 7.29. The molecule has 0 bridgehead atoms. The summed E-state index contributed by atoms with van der Waals surface area (Å²) in [5.41, 5.74) is 6.84. The maximum absolute atomic E-state index is 14.3. The van der Waals surface area contributed by atoms with Crippen LogP contribution < -0.4 is 29.1 Å². The van der Waals surface area contributed by atoms with Crippen LogP contribution in [0.2, 0.25) is 0 Å². The molecule has 4 aromatic rings. The first-order valence-corrected chi connectivity index (χ1v) is 17.7. The van der Waals surface area contributed by atoms with Crippen molar-refractivity contribution >= 4 is 39.3 Å². The van der Waals surface area contributed by atoms with Gasteiger partial charge in [0.1, 0.15) is 18.4 Å². The van der Waals surface area contributed by atoms with Crippen LogP contribution in [0.15, 0.2) is 74.1 Å². The Kier molecular flexibility index (Phi) is 11.3. The summed E-state index contributed by atoms with van der Waals surface area (Å²) >= 11 is 4.85. The Hall–Kier alpha value is -4.15. The van der Waals surface area contributed by atoms with Crippen molar-refractivity contribution in [2.45, 2.75) is 67.0 Å². The highest BCUT2D eigenvalue weighted by Crippen LogP contribution is 2.38. The normalized spacial score (nSPS) is 14.4. The fraction of sp³-hybridized carbons (Fsp3) is 0.342. The lowest BCUT2D eigenvalue weighted by Gasteiger charge is -2.27. The van der Waals surface area contributed by atoms with E-state index in [1.165, 1.54) is 28.0 Å². The molecule has 1 aliphatic heterocycles. The van der Waals surface area contributed by atoms with Gasteiger partial charge in [-0.05, 0) is 99.7 Å². The van der Waals surface area contributed by atoms with E-state index in [9.17, 15) is 9.59 Å². The highest BCUT2D eigenvalue weighted by atomic mass is 79.9. The number of hydrogen-bond acceptors (Lipinski definition) is 8. The van der Waals surface area contributed by atoms with Crippen molar-refractivity contribution in [3.8, 4) is 17.2 Å². The summed E-state index contributed by atoms with van der Waals surface area (Å²) in [7, 11) is 1.57. The number of carbonyl (C=O) groups excluding carboxylic acids is 1. The van der Waals surface area contributed by atoms with Crippen molar-refractivity contribution in [2.24, 2.45) is 4.99 Å². The minimum atomic E-state index is -0.792. The molecule has 3 aromatic carbocycles. The van der Waals surface area contributed by atoms with Crippen molar-refractivity contribution < 1.29 is 23.7 Å². The molecule has 0 unspecified atom stereocenters. The predicted molar refractivity (Wildman–Crippen MR) is 193 cm³/mol. The number of hydrogen-bond donors (Lipinski definition) is 0. The molecular formula is C38H41BrN2O6S. The van der Waals surface area contributed by atoms with E-state index in [1.54, 1.807) is 18.6 Å². The topological polar surface area (TPSA) is 88.4 Å². The van der Waals surface area contributed by atoms with Crippen LogP contribution in [0.4, 0.5) is 0 Å². The van der Waals surface area contributed by atoms with Crippen LogP contribution in [0.1, 0.15) is 73.0 Å². The van der Waals surface area contributed by atoms with Gasteiger partial charge in [0.2, 0.25) is 0 Å². The van der Waals surface area contributed by atoms with Crippen LogP contribution >= 0.6 is 27.3 Å². The number of ether oxygens (including phenoxy) is 4. The largest absolute Gasteiger partial charge is 0.496 e. The lowest BCUT2D eigenvalue weighted by atomic mass is 9.93. The fourth-order valence-corrected chi connectivity index (χ4v) is 7.47. The number of rotatable bonds is 12. The average Bonchev–Trinajstić information content (AvgIpc) is 3.35. The maximum atomic E-state index is 14.3. The summed E-state index contributed by atoms with van der Waals surface area (Å²) in [6, 6.07) is 14.7. The van der Waals surface area contributed by atoms with Gasteiger partial charge in [0, 0.05) is 10.0 Å². The van der Waals surface area contributed by atoms with E-state index in [1.807, 2.05) is 56.3 Å². The van der Waals surface area contributed by atoms with Gasteiger partial charge < -0.3 is 18.9 Å². The summed E-state index contributed by atoms with van der Waals surface area (Å²) in [5.74, 6) is 1.26. The number of thiazole rings is 1. The molecule has 8 nitrogen and oxygen atoms in total. The molecule has 1 aromatic heterocycles. The Morgan fingerprint density at radius 3 is 2.35 bits per heavy atom. The van der Waals surface area contributed by atoms with Gasteiger partial charge in [-0.25, -0.2) is 9.79 Å². The van der Waals surface area contributed by atoms with Crippen LogP contribution in [0.25, 0.3) is 6.08 Å². The van der Waals surface area contributed by atoms with E-state index in [0.29, 0.717) is 63.1 Å². The number of fused-ring (bicyclic) bond motifs is 1. The summed E-state index contributed by atoms with van der Waals surface area (Å²) in [6.07, 6.45) is 3.14. The van der Waals surface area contributed by atoms with Gasteiger partial charge in [-0.1, -0.05) is 64.4 Å². The Balaban J connectivity index is 1.62. The minimum Gasteiger partial charge on any atom is -0.496 e. The van der Waals surface area contributed by atoms with Crippen LogP contribution in [0.3, 0.4) is 0 Å². The standard InChI is InChI=1S/C38H41BrN2O6S/c1-8-11-29-34(37(43)46-10-3)35(27-20-26(39)13-15-30(27)44-7)41-36(42)33(48-38(41)40-29)19-25-12-14-31(32(18-25)45-9-2)47-21-28-23(5)16-22(4)17-24(28)6/h12-20,35H,8-11,21H2,1-7H3/b33-19+/t35-/m0/s1. The fourth-order valence-electron chi connectivity index (χ4n) is 6.07. The molecular weight excluding hydrogens is 692 g/mol. The molecule has 0 saturated heterocycles. The number of aryl methyl sites for hydroxylation is 3. The second-order valence-electron chi connectivity index (χ2n) is 11.6. The first-order chi connectivity index (χ1) is 23.1. The number of benzene rings is 3. The third-order valence-corrected chi connectivity index (χ3v) is 9.63. The summed E-state index contributed by atoms with van der Waals surface area (Å²) < 4.78 is 26.4. The SMILES string of the molecule is CCCC1=C(C(=O)OCC)[C@H](c2cc(Br)ccc2OC)n2c(s/c(=C/c3ccc(OCc4c(C)cc(C)cc4C)c(OCC)c3)c2=O)=N1. The van der Waals surface area contributed by atoms with E-state index >= 15 is 0 Å². The zero-order chi connectivity index (χ0) is 34.5. The monoisotopic (exact) mass is 732 g/mol. The Morgan fingerprint density at radius 1 is 0.958 bits per heavy atom. The molecule has 0 saturated carbocycles. The van der Waals surface area contributed by atoms with Gasteiger partial charge in [0.05, 0.1) is 36.1 Å². The molecule has 0 fully saturated rings. The van der Waals surface area contributed by atoms with Crippen molar-refractivity contribution in [3.05, 3.63) is 117 Å². The lowest BCUT2D eigenvalue weighted by molar-refractivity contribution is -0.139. The number of halogens is 1. The molecule has 1 aliphatic rings. The highest BCUT2D eigenvalue weighted by Gasteiger charge is 2.36. The molecule has 0 radical (unpaired) electrons. The predicted octanol–water partition coefficient (Wildman–Crippen LogP) is 7.25. The average molecular weight is 734 g/mol. The molecule has 0 spiro atoms. The molecule has 252 valence electrons. The van der Waals surface area contributed by atoms with E-state index in [4.69, 9.17) is 23.9 Å². The van der Waals surface area contributed by atoms with Crippen LogP contribution in [-0.2, 0) is 16.1 Å². The summed E-state index contributed by atoms with van der Waals surface area (Å²) in [4.78, 5) is 33.2. The Bertz CT molecular complexity index is 2040. The first-order valence-electron chi connectivity index (χ1n) is 16.1. The van der Waals surface area contributed by atoms with Crippen LogP contribution in [0.5, 0.6) is 17.2 Å². The van der Waals surface area contributed by atoms with Crippen molar-refractivity contribution in [1.29, 1.82) is 0 Å². The van der Waals surface area contributed by atoms with E-state index in [0.717, 1.165) is 22.0 Å². The number of carbonyl (C=O) groups is 1. The van der Waals surface area contributed by atoms with E-state index in [2.05, 4.69) is 48.8 Å². The second-order valence-corrected chi connectivity index (χ2v) is 13.5. The number of nitrogens with zero attached hydrogens (tertiary/aromatic N) is 2. The van der Waals surface area contributed by atoms with E-state index in [-0.39, 0.29) is 12.2 Å². The quantitative estimate of drug-likeness (QED) is 0.143. The van der Waals surface area contributed by atoms with Crippen molar-refractivity contribution in [3.63, 3.8) is 0 Å². The van der Waals surface area contributed by atoms with Gasteiger partial charge in [-0.2, -0.15) is 0 Å². The number of aromatic nitrogens is 1. The van der Waals surface area contributed by atoms with Crippen molar-refractivity contribution in [2.75, 3.05) is 20.3 Å². The minimum absolute atomic E-state index is 0.195. The number of allylic oxidation sites excluding steroid dienone is 1. The van der Waals surface area contributed by atoms with Crippen LogP contribution in [-0.4, -0.2) is 30.9 Å². The maximum Gasteiger partial charge on any atom is 0.338 e. The van der Waals surface area contributed by atoms with Gasteiger partial charge in [-0.15, -0.1) is 0 Å². The van der Waals surface area contributed by atoms with Gasteiger partial charge >= 0.3 is 5.97 Å². The second kappa shape index (κ2) is 15.4. The van der Waals surface area contributed by atoms with Gasteiger partial charge in [0.25, 0.3) is 5.56 Å². The Labute approximate surface area is 293 Å². The first kappa shape index (κ1) is 35.2. The third-order valence-electron chi connectivity index (χ3n) is 8.16. The zero-order valence-corrected chi connectivity index (χ0v) is 30.8. The van der Waals surface area contributed by atoms with Crippen molar-refractivity contribution in [1.82, 2.24) is 4.57 Å². The highest BCUT2D eigenvalue weighted by molar-refractivity contribution is 9.10. The van der Waals surface area contributed by atoms with E-state index < -0.39 is 12.0 Å². The number of methoxy groups -OCH3 is 1. The molecule has 2 heterocycles. The van der Waals surface area contributed by atoms with Crippen LogP contribution in [0, 0.1) is 20.8 Å². The summed E-state index contributed by atoms with van der Waals surface area (Å²) in [6.45, 7) is 13.1. The van der Waals surface area contributed by atoms with Gasteiger partial charge in [-0.3, -0.25) is 9.36 Å². The molecule has 0 amide bonds. The zero-order valence-electron chi connectivity index (χ0n) is 28.4. The molecule has 1 atom stereocenters. The molecule has 10 heteroatoms. The smallest absolute Gasteiger partial charge is 0.338 e. The Morgan fingerprint density at radius 2 is 1.69 bits per heavy atom. The molecule has 0 N–H and O–H groups in total. The lowest BCUT2D eigenvalue weighted by Crippen LogP contribution is -2.40. The molecule has 48 heavy (non-hydrogen) atoms. The summed E-state index contributed by atoms with van der Waals surface area (Å²) in [5, 5.41) is 0. The number of esters is 1. The molecule has 0 aliphatic carbocycles. The van der Waals surface area contributed by atoms with Gasteiger partial charge in [0.15, 0.2) is 16.3 Å².